The first-order valence-corrected chi connectivity index (χ1v) is 8.82. The fraction of sp³-hybridized carbons (Fsp3) is 0.211. The van der Waals surface area contributed by atoms with Gasteiger partial charge in [0, 0.05) is 11.4 Å². The molecule has 0 radical (unpaired) electrons. The molecule has 0 saturated carbocycles. The molecule has 0 bridgehead atoms. The van der Waals surface area contributed by atoms with E-state index in [-0.39, 0.29) is 11.1 Å². The van der Waals surface area contributed by atoms with Crippen LogP contribution in [-0.4, -0.2) is 20.6 Å². The van der Waals surface area contributed by atoms with E-state index in [9.17, 15) is 9.59 Å². The molecule has 25 heavy (non-hydrogen) atoms. The van der Waals surface area contributed by atoms with Crippen LogP contribution >= 0.6 is 11.3 Å². The number of fused-ring (bicyclic) bond motifs is 2. The van der Waals surface area contributed by atoms with Crippen molar-refractivity contribution in [2.75, 3.05) is 0 Å². The Morgan fingerprint density at radius 3 is 2.68 bits per heavy atom. The van der Waals surface area contributed by atoms with Gasteiger partial charge in [-0.15, -0.1) is 11.3 Å². The number of carbonyl (C=O) groups is 1. The lowest BCUT2D eigenvalue weighted by Gasteiger charge is -2.03. The van der Waals surface area contributed by atoms with Crippen LogP contribution in [0.15, 0.2) is 29.1 Å². The number of hydrogen-bond donors (Lipinski definition) is 1. The SMILES string of the molecule is Cc1sc2nc3n(c(=O)c2c1C)CC/C3=C/c1ccc(C(=O)O)cc1. The van der Waals surface area contributed by atoms with E-state index < -0.39 is 5.97 Å². The first-order chi connectivity index (χ1) is 12.0. The second-order valence-corrected chi connectivity index (χ2v) is 7.41. The Kier molecular flexibility index (Phi) is 3.58. The number of hydrogen-bond acceptors (Lipinski definition) is 4. The molecule has 0 fully saturated rings. The average Bonchev–Trinajstić information content (AvgIpc) is 3.10. The Hall–Kier alpha value is -2.73. The third-order valence-electron chi connectivity index (χ3n) is 4.68. The van der Waals surface area contributed by atoms with Gasteiger partial charge < -0.3 is 5.11 Å². The number of allylic oxidation sites excluding steroid dienone is 1. The summed E-state index contributed by atoms with van der Waals surface area (Å²) in [7, 11) is 0. The lowest BCUT2D eigenvalue weighted by Crippen LogP contribution is -2.20. The van der Waals surface area contributed by atoms with Gasteiger partial charge >= 0.3 is 5.97 Å². The number of rotatable bonds is 2. The number of aryl methyl sites for hydroxylation is 2. The predicted octanol–water partition coefficient (Wildman–Crippen LogP) is 3.72. The molecule has 4 rings (SSSR count). The van der Waals surface area contributed by atoms with Gasteiger partial charge in [0.2, 0.25) is 0 Å². The van der Waals surface area contributed by atoms with E-state index >= 15 is 0 Å². The van der Waals surface area contributed by atoms with Gasteiger partial charge in [-0.3, -0.25) is 9.36 Å². The normalized spacial score (nSPS) is 15.0. The minimum absolute atomic E-state index is 0.0338. The second-order valence-electron chi connectivity index (χ2n) is 6.20. The Morgan fingerprint density at radius 2 is 2.00 bits per heavy atom. The van der Waals surface area contributed by atoms with Crippen molar-refractivity contribution in [3.05, 3.63) is 62.0 Å². The average molecular weight is 352 g/mol. The Morgan fingerprint density at radius 1 is 1.28 bits per heavy atom. The number of thiophene rings is 1. The van der Waals surface area contributed by atoms with Crippen LogP contribution in [0.4, 0.5) is 0 Å². The molecule has 6 heteroatoms. The van der Waals surface area contributed by atoms with Gasteiger partial charge in [0.25, 0.3) is 5.56 Å². The smallest absolute Gasteiger partial charge is 0.335 e. The zero-order valence-corrected chi connectivity index (χ0v) is 14.7. The van der Waals surface area contributed by atoms with Gasteiger partial charge in [-0.2, -0.15) is 0 Å². The summed E-state index contributed by atoms with van der Waals surface area (Å²) >= 11 is 1.56. The van der Waals surface area contributed by atoms with Crippen molar-refractivity contribution in [3.8, 4) is 0 Å². The van der Waals surface area contributed by atoms with Gasteiger partial charge in [-0.25, -0.2) is 9.78 Å². The maximum Gasteiger partial charge on any atom is 0.335 e. The van der Waals surface area contributed by atoms with Crippen molar-refractivity contribution >= 4 is 39.2 Å². The lowest BCUT2D eigenvalue weighted by atomic mass is 10.1. The molecule has 1 aliphatic heterocycles. The molecular formula is C19H16N2O3S. The van der Waals surface area contributed by atoms with Crippen molar-refractivity contribution < 1.29 is 9.90 Å². The van der Waals surface area contributed by atoms with Crippen molar-refractivity contribution in [1.29, 1.82) is 0 Å². The maximum absolute atomic E-state index is 12.8. The van der Waals surface area contributed by atoms with Crippen molar-refractivity contribution in [1.82, 2.24) is 9.55 Å². The third kappa shape index (κ3) is 2.49. The molecule has 0 aliphatic carbocycles. The summed E-state index contributed by atoms with van der Waals surface area (Å²) in [5.74, 6) is -0.217. The number of nitrogens with zero attached hydrogens (tertiary/aromatic N) is 2. The van der Waals surface area contributed by atoms with E-state index in [2.05, 4.69) is 0 Å². The molecule has 3 heterocycles. The minimum atomic E-state index is -0.940. The highest BCUT2D eigenvalue weighted by molar-refractivity contribution is 7.18. The van der Waals surface area contributed by atoms with E-state index in [4.69, 9.17) is 10.1 Å². The minimum Gasteiger partial charge on any atom is -0.478 e. The predicted molar refractivity (Wildman–Crippen MR) is 99.2 cm³/mol. The summed E-state index contributed by atoms with van der Waals surface area (Å²) in [6, 6.07) is 6.71. The van der Waals surface area contributed by atoms with E-state index in [0.717, 1.165) is 44.0 Å². The molecule has 2 aromatic heterocycles. The molecule has 0 spiro atoms. The molecule has 0 saturated heterocycles. The third-order valence-corrected chi connectivity index (χ3v) is 5.78. The highest BCUT2D eigenvalue weighted by atomic mass is 32.1. The monoisotopic (exact) mass is 352 g/mol. The number of aromatic nitrogens is 2. The summed E-state index contributed by atoms with van der Waals surface area (Å²) < 4.78 is 1.75. The van der Waals surface area contributed by atoms with Crippen LogP contribution in [-0.2, 0) is 6.54 Å². The molecule has 0 unspecified atom stereocenters. The fourth-order valence-corrected chi connectivity index (χ4v) is 4.20. The van der Waals surface area contributed by atoms with E-state index in [1.165, 1.54) is 0 Å². The van der Waals surface area contributed by atoms with E-state index in [1.54, 1.807) is 40.2 Å². The van der Waals surface area contributed by atoms with Crippen LogP contribution in [0.1, 0.15) is 38.6 Å². The number of carboxylic acid groups (broad SMARTS) is 1. The zero-order valence-electron chi connectivity index (χ0n) is 13.9. The highest BCUT2D eigenvalue weighted by Crippen LogP contribution is 2.31. The van der Waals surface area contributed by atoms with Crippen LogP contribution in [0, 0.1) is 13.8 Å². The number of benzene rings is 1. The molecule has 126 valence electrons. The van der Waals surface area contributed by atoms with E-state index in [0.29, 0.717) is 6.54 Å². The molecule has 1 aromatic carbocycles. The van der Waals surface area contributed by atoms with Crippen LogP contribution < -0.4 is 5.56 Å². The largest absolute Gasteiger partial charge is 0.478 e. The fourth-order valence-electron chi connectivity index (χ4n) is 3.18. The quantitative estimate of drug-likeness (QED) is 0.763. The Bertz CT molecular complexity index is 1100. The van der Waals surface area contributed by atoms with Crippen molar-refractivity contribution in [3.63, 3.8) is 0 Å². The summed E-state index contributed by atoms with van der Waals surface area (Å²) in [6.07, 6.45) is 2.73. The summed E-state index contributed by atoms with van der Waals surface area (Å²) in [6.45, 7) is 4.61. The summed E-state index contributed by atoms with van der Waals surface area (Å²) in [5, 5.41) is 9.72. The van der Waals surface area contributed by atoms with Gasteiger partial charge in [0.15, 0.2) is 0 Å². The van der Waals surface area contributed by atoms with Crippen LogP contribution in [0.3, 0.4) is 0 Å². The zero-order chi connectivity index (χ0) is 17.7. The number of carboxylic acids is 1. The first-order valence-electron chi connectivity index (χ1n) is 8.00. The van der Waals surface area contributed by atoms with Crippen LogP contribution in [0.25, 0.3) is 21.9 Å². The van der Waals surface area contributed by atoms with Gasteiger partial charge in [0.1, 0.15) is 10.7 Å². The topological polar surface area (TPSA) is 72.2 Å². The van der Waals surface area contributed by atoms with Gasteiger partial charge in [-0.1, -0.05) is 12.1 Å². The molecule has 1 N–H and O–H groups in total. The van der Waals surface area contributed by atoms with Crippen LogP contribution in [0.5, 0.6) is 0 Å². The molecule has 1 aliphatic rings. The maximum atomic E-state index is 12.8. The molecule has 0 amide bonds. The van der Waals surface area contributed by atoms with Crippen LogP contribution in [0.2, 0.25) is 0 Å². The molecular weight excluding hydrogens is 336 g/mol. The van der Waals surface area contributed by atoms with E-state index in [1.807, 2.05) is 19.9 Å². The first kappa shape index (κ1) is 15.8. The summed E-state index contributed by atoms with van der Waals surface area (Å²) in [5.41, 5.74) is 3.22. The molecule has 0 atom stereocenters. The van der Waals surface area contributed by atoms with Gasteiger partial charge in [-0.05, 0) is 55.2 Å². The Balaban J connectivity index is 1.82. The standard InChI is InChI=1S/C19H16N2O3S/c1-10-11(2)25-17-15(10)18(22)21-8-7-14(16(21)20-17)9-12-3-5-13(6-4-12)19(23)24/h3-6,9H,7-8H2,1-2H3,(H,23,24)/b14-9-. The molecule has 3 aromatic rings. The Labute approximate surface area is 147 Å². The second kappa shape index (κ2) is 5.67. The number of aromatic carboxylic acids is 1. The highest BCUT2D eigenvalue weighted by Gasteiger charge is 2.23. The van der Waals surface area contributed by atoms with Gasteiger partial charge in [0.05, 0.1) is 10.9 Å². The lowest BCUT2D eigenvalue weighted by molar-refractivity contribution is 0.0697. The van der Waals surface area contributed by atoms with Crippen molar-refractivity contribution in [2.45, 2.75) is 26.8 Å². The summed E-state index contributed by atoms with van der Waals surface area (Å²) in [4.78, 5) is 30.4. The van der Waals surface area contributed by atoms with Crippen molar-refractivity contribution in [2.24, 2.45) is 0 Å². The molecule has 5 nitrogen and oxygen atoms in total.